The van der Waals surface area contributed by atoms with Crippen molar-refractivity contribution in [2.45, 2.75) is 37.8 Å². The van der Waals surface area contributed by atoms with Crippen LogP contribution in [-0.4, -0.2) is 39.6 Å². The molecule has 3 N–H and O–H groups in total. The fourth-order valence-corrected chi connectivity index (χ4v) is 5.65. The average molecular weight is 604 g/mol. The summed E-state index contributed by atoms with van der Waals surface area (Å²) in [5.41, 5.74) is 2.32. The van der Waals surface area contributed by atoms with Crippen LogP contribution >= 0.6 is 0 Å². The number of hydrogen-bond donors (Lipinski definition) is 3. The lowest BCUT2D eigenvalue weighted by Crippen LogP contribution is -2.40. The first kappa shape index (κ1) is 29.5. The molecular formula is C36H33N3O6. The Bertz CT molecular complexity index is 1840. The monoisotopic (exact) mass is 603 g/mol. The zero-order valence-corrected chi connectivity index (χ0v) is 24.7. The van der Waals surface area contributed by atoms with Crippen LogP contribution in [0.5, 0.6) is 17.2 Å². The molecule has 1 aliphatic rings. The van der Waals surface area contributed by atoms with Crippen molar-refractivity contribution in [3.63, 3.8) is 0 Å². The van der Waals surface area contributed by atoms with Gasteiger partial charge < -0.3 is 29.8 Å². The molecule has 1 heterocycles. The summed E-state index contributed by atoms with van der Waals surface area (Å²) in [5.74, 6) is 0.339. The zero-order chi connectivity index (χ0) is 31.3. The van der Waals surface area contributed by atoms with Gasteiger partial charge in [0.15, 0.2) is 0 Å². The van der Waals surface area contributed by atoms with E-state index in [4.69, 9.17) is 9.47 Å². The van der Waals surface area contributed by atoms with Gasteiger partial charge in [0.25, 0.3) is 11.8 Å². The highest BCUT2D eigenvalue weighted by atomic mass is 16.5. The number of amides is 2. The number of hydrogen-bond acceptors (Lipinski definition) is 5. The lowest BCUT2D eigenvalue weighted by molar-refractivity contribution is 0.0697. The molecule has 1 fully saturated rings. The van der Waals surface area contributed by atoms with Gasteiger partial charge in [-0.3, -0.25) is 9.59 Å². The third-order valence-corrected chi connectivity index (χ3v) is 8.08. The predicted molar refractivity (Wildman–Crippen MR) is 171 cm³/mol. The van der Waals surface area contributed by atoms with Crippen LogP contribution in [0, 0.1) is 0 Å². The largest absolute Gasteiger partial charge is 0.490 e. The fourth-order valence-electron chi connectivity index (χ4n) is 5.65. The molecule has 0 saturated heterocycles. The number of aromatic nitrogens is 1. The Kier molecular flexibility index (Phi) is 8.50. The van der Waals surface area contributed by atoms with Gasteiger partial charge >= 0.3 is 5.97 Å². The van der Waals surface area contributed by atoms with E-state index >= 15 is 0 Å². The van der Waals surface area contributed by atoms with E-state index in [0.29, 0.717) is 22.8 Å². The summed E-state index contributed by atoms with van der Waals surface area (Å²) in [6.45, 7) is 0. The van der Waals surface area contributed by atoms with Crippen molar-refractivity contribution in [2.75, 3.05) is 5.32 Å². The first-order chi connectivity index (χ1) is 21.8. The minimum Gasteiger partial charge on any atom is -0.490 e. The number of aromatic carboxylic acids is 1. The Labute approximate surface area is 260 Å². The number of carbonyl (C=O) groups excluding carboxylic acids is 2. The van der Waals surface area contributed by atoms with E-state index in [0.717, 1.165) is 42.3 Å². The lowest BCUT2D eigenvalue weighted by atomic mass is 9.93. The van der Waals surface area contributed by atoms with Gasteiger partial charge in [0.2, 0.25) is 0 Å². The Hall–Kier alpha value is -5.57. The summed E-state index contributed by atoms with van der Waals surface area (Å²) in [4.78, 5) is 37.0. The Morgan fingerprint density at radius 1 is 0.756 bits per heavy atom. The van der Waals surface area contributed by atoms with Gasteiger partial charge in [-0.05, 0) is 98.5 Å². The average Bonchev–Trinajstić information content (AvgIpc) is 3.40. The number of para-hydroxylation sites is 2. The molecule has 1 saturated carbocycles. The van der Waals surface area contributed by atoms with E-state index < -0.39 is 11.9 Å². The molecule has 0 radical (unpaired) electrons. The van der Waals surface area contributed by atoms with Crippen molar-refractivity contribution in [3.8, 4) is 17.2 Å². The molecule has 4 aromatic carbocycles. The van der Waals surface area contributed by atoms with E-state index in [2.05, 4.69) is 10.6 Å². The van der Waals surface area contributed by atoms with Gasteiger partial charge in [-0.25, -0.2) is 4.79 Å². The molecule has 0 unspecified atom stereocenters. The Balaban J connectivity index is 0.970. The summed E-state index contributed by atoms with van der Waals surface area (Å²) < 4.78 is 14.1. The van der Waals surface area contributed by atoms with E-state index in [1.807, 2.05) is 66.2 Å². The predicted octanol–water partition coefficient (Wildman–Crippen LogP) is 7.04. The number of nitrogens with one attached hydrogen (secondary N) is 2. The third kappa shape index (κ3) is 6.83. The van der Waals surface area contributed by atoms with E-state index in [1.165, 1.54) is 6.07 Å². The fraction of sp³-hybridized carbons (Fsp3) is 0.194. The van der Waals surface area contributed by atoms with Crippen molar-refractivity contribution < 1.29 is 29.0 Å². The second-order valence-corrected chi connectivity index (χ2v) is 11.1. The van der Waals surface area contributed by atoms with Gasteiger partial charge in [-0.1, -0.05) is 30.3 Å². The topological polar surface area (TPSA) is 119 Å². The number of carboxylic acids is 1. The number of ether oxygens (including phenoxy) is 2. The second-order valence-electron chi connectivity index (χ2n) is 11.1. The standard InChI is InChI=1S/C36H33N3O6/c1-39-32-9-5-2-6-24(32)22-33(39)35(41)37-25-12-16-27(17-13-25)45-29-20-18-28(19-21-29)44-26-14-10-23(11-15-26)34(40)38-31-8-4-3-7-30(31)36(42)43/h2-11,14-15,18-22,25,27H,12-13,16-17H2,1H3,(H,37,41)(H,38,40)(H,42,43). The van der Waals surface area contributed by atoms with Crippen molar-refractivity contribution >= 4 is 34.4 Å². The quantitative estimate of drug-likeness (QED) is 0.166. The van der Waals surface area contributed by atoms with Crippen LogP contribution < -0.4 is 20.1 Å². The van der Waals surface area contributed by atoms with Crippen LogP contribution in [0.2, 0.25) is 0 Å². The molecule has 228 valence electrons. The Morgan fingerprint density at radius 3 is 2.07 bits per heavy atom. The first-order valence-corrected chi connectivity index (χ1v) is 14.9. The molecule has 1 aliphatic carbocycles. The van der Waals surface area contributed by atoms with Crippen molar-refractivity contribution in [1.29, 1.82) is 0 Å². The zero-order valence-electron chi connectivity index (χ0n) is 24.7. The van der Waals surface area contributed by atoms with Crippen LogP contribution in [0.3, 0.4) is 0 Å². The maximum atomic E-state index is 13.0. The van der Waals surface area contributed by atoms with Crippen molar-refractivity contribution in [1.82, 2.24) is 9.88 Å². The normalized spacial score (nSPS) is 16.1. The van der Waals surface area contributed by atoms with Crippen LogP contribution in [0.1, 0.15) is 56.9 Å². The number of aryl methyl sites for hydroxylation is 1. The first-order valence-electron chi connectivity index (χ1n) is 14.9. The molecule has 45 heavy (non-hydrogen) atoms. The van der Waals surface area contributed by atoms with Gasteiger partial charge in [-0.15, -0.1) is 0 Å². The summed E-state index contributed by atoms with van der Waals surface area (Å²) >= 11 is 0. The molecule has 9 heteroatoms. The molecule has 0 bridgehead atoms. The molecule has 5 aromatic rings. The number of nitrogens with zero attached hydrogens (tertiary/aromatic N) is 1. The number of carbonyl (C=O) groups is 3. The van der Waals surface area contributed by atoms with Crippen LogP contribution in [0.15, 0.2) is 103 Å². The summed E-state index contributed by atoms with van der Waals surface area (Å²) in [6.07, 6.45) is 3.47. The molecule has 0 spiro atoms. The van der Waals surface area contributed by atoms with E-state index in [9.17, 15) is 19.5 Å². The van der Waals surface area contributed by atoms with Gasteiger partial charge in [0.1, 0.15) is 22.9 Å². The van der Waals surface area contributed by atoms with Crippen LogP contribution in [0.25, 0.3) is 10.9 Å². The van der Waals surface area contributed by atoms with Crippen LogP contribution in [0.4, 0.5) is 5.69 Å². The minimum absolute atomic E-state index is 0.0205. The molecule has 2 amide bonds. The molecule has 0 aliphatic heterocycles. The molecule has 6 rings (SSSR count). The number of benzene rings is 4. The number of anilines is 1. The number of carboxylic acid groups (broad SMARTS) is 1. The third-order valence-electron chi connectivity index (χ3n) is 8.08. The Morgan fingerprint density at radius 2 is 1.38 bits per heavy atom. The molecular weight excluding hydrogens is 570 g/mol. The highest BCUT2D eigenvalue weighted by molar-refractivity contribution is 6.07. The van der Waals surface area contributed by atoms with Gasteiger partial charge in [0, 0.05) is 29.6 Å². The summed E-state index contributed by atoms with van der Waals surface area (Å²) in [7, 11) is 1.92. The second kappa shape index (κ2) is 13.0. The number of rotatable bonds is 9. The van der Waals surface area contributed by atoms with Gasteiger partial charge in [-0.2, -0.15) is 0 Å². The molecule has 9 nitrogen and oxygen atoms in total. The summed E-state index contributed by atoms with van der Waals surface area (Å²) in [5, 5.41) is 16.2. The SMILES string of the molecule is Cn1c(C(=O)NC2CCC(Oc3ccc(Oc4ccc(C(=O)Nc5ccccc5C(=O)O)cc4)cc3)CC2)cc2ccccc21. The molecule has 1 aromatic heterocycles. The maximum Gasteiger partial charge on any atom is 0.337 e. The van der Waals surface area contributed by atoms with Crippen LogP contribution in [-0.2, 0) is 7.05 Å². The minimum atomic E-state index is -1.11. The number of fused-ring (bicyclic) bond motifs is 1. The molecule has 0 atom stereocenters. The van der Waals surface area contributed by atoms with E-state index in [-0.39, 0.29) is 29.3 Å². The summed E-state index contributed by atoms with van der Waals surface area (Å²) in [6, 6.07) is 30.3. The van der Waals surface area contributed by atoms with E-state index in [1.54, 1.807) is 42.5 Å². The van der Waals surface area contributed by atoms with Crippen molar-refractivity contribution in [2.24, 2.45) is 7.05 Å². The lowest BCUT2D eigenvalue weighted by Gasteiger charge is -2.29. The van der Waals surface area contributed by atoms with Crippen molar-refractivity contribution in [3.05, 3.63) is 120 Å². The highest BCUT2D eigenvalue weighted by Crippen LogP contribution is 2.28. The smallest absolute Gasteiger partial charge is 0.337 e. The highest BCUT2D eigenvalue weighted by Gasteiger charge is 2.25. The maximum absolute atomic E-state index is 13.0. The van der Waals surface area contributed by atoms with Gasteiger partial charge in [0.05, 0.1) is 17.4 Å².